The van der Waals surface area contributed by atoms with Gasteiger partial charge in [0.1, 0.15) is 12.4 Å². The van der Waals surface area contributed by atoms with Gasteiger partial charge in [-0.15, -0.1) is 0 Å². The second-order valence-electron chi connectivity index (χ2n) is 4.16. The zero-order valence-corrected chi connectivity index (χ0v) is 14.1. The van der Waals surface area contributed by atoms with Crippen LogP contribution in [-0.2, 0) is 4.74 Å². The Kier molecular flexibility index (Phi) is 5.65. The fourth-order valence-electron chi connectivity index (χ4n) is 1.77. The van der Waals surface area contributed by atoms with E-state index in [0.717, 1.165) is 21.3 Å². The molecule has 1 aromatic heterocycles. The molecule has 108 valence electrons. The highest BCUT2D eigenvalue weighted by Gasteiger charge is 2.15. The molecule has 0 aliphatic heterocycles. The summed E-state index contributed by atoms with van der Waals surface area (Å²) in [6.45, 7) is 1.06. The fraction of sp³-hybridized carbons (Fsp3) is 0.286. The highest BCUT2D eigenvalue weighted by Crippen LogP contribution is 2.32. The Morgan fingerprint density at radius 1 is 1.25 bits per heavy atom. The van der Waals surface area contributed by atoms with E-state index in [9.17, 15) is 0 Å². The molecule has 1 heterocycles. The van der Waals surface area contributed by atoms with Crippen molar-refractivity contribution in [1.82, 2.24) is 0 Å². The van der Waals surface area contributed by atoms with E-state index in [1.807, 2.05) is 24.3 Å². The van der Waals surface area contributed by atoms with E-state index in [-0.39, 0.29) is 6.04 Å². The molecule has 0 fully saturated rings. The van der Waals surface area contributed by atoms with Gasteiger partial charge in [0.2, 0.25) is 0 Å². The summed E-state index contributed by atoms with van der Waals surface area (Å²) < 4.78 is 17.3. The molecule has 0 aliphatic rings. The average molecular weight is 405 g/mol. The van der Waals surface area contributed by atoms with E-state index in [4.69, 9.17) is 19.6 Å². The lowest BCUT2D eigenvalue weighted by Crippen LogP contribution is -2.12. The van der Waals surface area contributed by atoms with E-state index < -0.39 is 0 Å². The summed E-state index contributed by atoms with van der Waals surface area (Å²) in [6, 6.07) is 7.38. The van der Waals surface area contributed by atoms with E-state index >= 15 is 0 Å². The summed E-state index contributed by atoms with van der Waals surface area (Å²) in [5.41, 5.74) is 8.11. The molecular formula is C14H15Br2NO3. The van der Waals surface area contributed by atoms with Gasteiger partial charge in [-0.2, -0.15) is 0 Å². The van der Waals surface area contributed by atoms with Crippen molar-refractivity contribution >= 4 is 31.9 Å². The van der Waals surface area contributed by atoms with Gasteiger partial charge >= 0.3 is 0 Å². The lowest BCUT2D eigenvalue weighted by molar-refractivity contribution is 0.146. The number of hydrogen-bond donors (Lipinski definition) is 1. The highest BCUT2D eigenvalue weighted by molar-refractivity contribution is 9.10. The second-order valence-corrected chi connectivity index (χ2v) is 5.73. The van der Waals surface area contributed by atoms with Crippen molar-refractivity contribution in [3.05, 3.63) is 50.8 Å². The third kappa shape index (κ3) is 3.63. The van der Waals surface area contributed by atoms with Crippen molar-refractivity contribution in [3.63, 3.8) is 0 Å². The van der Waals surface area contributed by atoms with Crippen molar-refractivity contribution in [1.29, 1.82) is 0 Å². The van der Waals surface area contributed by atoms with Crippen LogP contribution in [0.2, 0.25) is 0 Å². The van der Waals surface area contributed by atoms with E-state index in [2.05, 4.69) is 31.9 Å². The first-order chi connectivity index (χ1) is 9.63. The van der Waals surface area contributed by atoms with Crippen LogP contribution in [0.25, 0.3) is 0 Å². The molecule has 4 nitrogen and oxygen atoms in total. The smallest absolute Gasteiger partial charge is 0.174 e. The first-order valence-corrected chi connectivity index (χ1v) is 7.61. The molecule has 1 atom stereocenters. The van der Waals surface area contributed by atoms with Gasteiger partial charge in [0.25, 0.3) is 0 Å². The molecule has 0 saturated heterocycles. The minimum absolute atomic E-state index is 0.257. The third-order valence-corrected chi connectivity index (χ3v) is 4.11. The van der Waals surface area contributed by atoms with Gasteiger partial charge in [0.15, 0.2) is 4.67 Å². The highest BCUT2D eigenvalue weighted by atomic mass is 79.9. The van der Waals surface area contributed by atoms with Crippen LogP contribution in [0.3, 0.4) is 0 Å². The molecule has 0 amide bonds. The minimum atomic E-state index is -0.257. The maximum absolute atomic E-state index is 6.23. The van der Waals surface area contributed by atoms with Gasteiger partial charge in [-0.1, -0.05) is 6.07 Å². The first-order valence-electron chi connectivity index (χ1n) is 6.03. The normalized spacial score (nSPS) is 12.4. The lowest BCUT2D eigenvalue weighted by atomic mass is 10.0. The summed E-state index contributed by atoms with van der Waals surface area (Å²) in [7, 11) is 1.64. The van der Waals surface area contributed by atoms with Crippen molar-refractivity contribution in [2.24, 2.45) is 5.73 Å². The Morgan fingerprint density at radius 3 is 2.65 bits per heavy atom. The van der Waals surface area contributed by atoms with E-state index in [1.54, 1.807) is 13.4 Å². The molecule has 2 N–H and O–H groups in total. The molecular weight excluding hydrogens is 390 g/mol. The van der Waals surface area contributed by atoms with Gasteiger partial charge in [0, 0.05) is 12.7 Å². The number of hydrogen-bond acceptors (Lipinski definition) is 4. The SMILES string of the molecule is COCCOc1ccc(C(N)c2ccoc2Br)cc1Br. The van der Waals surface area contributed by atoms with E-state index in [0.29, 0.717) is 17.9 Å². The van der Waals surface area contributed by atoms with Crippen molar-refractivity contribution in [3.8, 4) is 5.75 Å². The Morgan fingerprint density at radius 2 is 2.05 bits per heavy atom. The average Bonchev–Trinajstić information content (AvgIpc) is 2.86. The van der Waals surface area contributed by atoms with Gasteiger partial charge in [-0.25, -0.2) is 0 Å². The third-order valence-electron chi connectivity index (χ3n) is 2.84. The topological polar surface area (TPSA) is 57.6 Å². The number of halogens is 2. The summed E-state index contributed by atoms with van der Waals surface area (Å²) in [4.78, 5) is 0. The van der Waals surface area contributed by atoms with Crippen LogP contribution in [0.5, 0.6) is 5.75 Å². The number of ether oxygens (including phenoxy) is 2. The number of furan rings is 1. The monoisotopic (exact) mass is 403 g/mol. The van der Waals surface area contributed by atoms with E-state index in [1.165, 1.54) is 0 Å². The molecule has 0 saturated carbocycles. The second kappa shape index (κ2) is 7.26. The predicted octanol–water partition coefficient (Wildman–Crippen LogP) is 3.88. The van der Waals surface area contributed by atoms with Gasteiger partial charge in [-0.05, 0) is 55.6 Å². The number of rotatable bonds is 6. The number of nitrogens with two attached hydrogens (primary N) is 1. The van der Waals surface area contributed by atoms with Crippen LogP contribution >= 0.6 is 31.9 Å². The quantitative estimate of drug-likeness (QED) is 0.742. The molecule has 0 radical (unpaired) electrons. The zero-order chi connectivity index (χ0) is 14.5. The van der Waals surface area contributed by atoms with Gasteiger partial charge < -0.3 is 19.6 Å². The number of benzene rings is 1. The molecule has 6 heteroatoms. The van der Waals surface area contributed by atoms with Crippen molar-refractivity contribution < 1.29 is 13.9 Å². The first kappa shape index (κ1) is 15.6. The molecule has 0 aliphatic carbocycles. The fourth-order valence-corrected chi connectivity index (χ4v) is 2.77. The summed E-state index contributed by atoms with van der Waals surface area (Å²) in [5.74, 6) is 0.768. The number of methoxy groups -OCH3 is 1. The maximum Gasteiger partial charge on any atom is 0.174 e. The molecule has 2 rings (SSSR count). The Balaban J connectivity index is 2.14. The maximum atomic E-state index is 6.23. The van der Waals surface area contributed by atoms with Crippen molar-refractivity contribution in [2.45, 2.75) is 6.04 Å². The molecule has 1 unspecified atom stereocenters. The van der Waals surface area contributed by atoms with Crippen LogP contribution in [0.15, 0.2) is 44.1 Å². The Bertz CT molecular complexity index is 571. The molecule has 0 spiro atoms. The standard InChI is InChI=1S/C14H15Br2NO3/c1-18-6-7-19-12-3-2-9(8-11(12)15)13(17)10-4-5-20-14(10)16/h2-5,8,13H,6-7,17H2,1H3. The predicted molar refractivity (Wildman–Crippen MR) is 84.0 cm³/mol. The largest absolute Gasteiger partial charge is 0.490 e. The minimum Gasteiger partial charge on any atom is -0.490 e. The van der Waals surface area contributed by atoms with Crippen LogP contribution in [0.4, 0.5) is 0 Å². The molecule has 0 bridgehead atoms. The van der Waals surface area contributed by atoms with Gasteiger partial charge in [0.05, 0.1) is 23.4 Å². The molecule has 2 aromatic rings. The van der Waals surface area contributed by atoms with Crippen LogP contribution in [0, 0.1) is 0 Å². The Hall–Kier alpha value is -0.820. The van der Waals surface area contributed by atoms with Crippen LogP contribution in [0.1, 0.15) is 17.2 Å². The molecule has 1 aromatic carbocycles. The van der Waals surface area contributed by atoms with Crippen LogP contribution in [-0.4, -0.2) is 20.3 Å². The summed E-state index contributed by atoms with van der Waals surface area (Å²) in [6.07, 6.45) is 1.61. The zero-order valence-electron chi connectivity index (χ0n) is 10.9. The van der Waals surface area contributed by atoms with Crippen molar-refractivity contribution in [2.75, 3.05) is 20.3 Å². The summed E-state index contributed by atoms with van der Waals surface area (Å²) >= 11 is 6.84. The lowest BCUT2D eigenvalue weighted by Gasteiger charge is -2.13. The summed E-state index contributed by atoms with van der Waals surface area (Å²) in [5, 5.41) is 0. The molecule has 20 heavy (non-hydrogen) atoms. The Labute approximate surface area is 134 Å². The van der Waals surface area contributed by atoms with Gasteiger partial charge in [-0.3, -0.25) is 0 Å². The van der Waals surface area contributed by atoms with Crippen LogP contribution < -0.4 is 10.5 Å².